The summed E-state index contributed by atoms with van der Waals surface area (Å²) in [5.41, 5.74) is 3.26. The van der Waals surface area contributed by atoms with E-state index in [9.17, 15) is 4.79 Å². The van der Waals surface area contributed by atoms with Crippen molar-refractivity contribution in [1.82, 2.24) is 14.9 Å². The van der Waals surface area contributed by atoms with Gasteiger partial charge in [0.1, 0.15) is 5.82 Å². The molecule has 0 aliphatic rings. The number of nitrogens with one attached hydrogen (secondary N) is 1. The average molecular weight is 283 g/mol. The molecule has 94 valence electrons. The molecule has 0 saturated carbocycles. The van der Waals surface area contributed by atoms with Crippen molar-refractivity contribution < 1.29 is 4.79 Å². The Morgan fingerprint density at radius 3 is 2.61 bits per heavy atom. The first-order chi connectivity index (χ1) is 8.61. The number of nitrogens with zero attached hydrogens (tertiary/aromatic N) is 3. The van der Waals surface area contributed by atoms with Crippen molar-refractivity contribution in [2.24, 2.45) is 0 Å². The molecule has 5 nitrogen and oxygen atoms in total. The number of halogens is 1. The molecular weight excluding hydrogens is 272 g/mol. The van der Waals surface area contributed by atoms with Crippen LogP contribution in [0.2, 0.25) is 5.02 Å². The Bertz CT molecular complexity index is 567. The van der Waals surface area contributed by atoms with Gasteiger partial charge < -0.3 is 0 Å². The van der Waals surface area contributed by atoms with Crippen LogP contribution in [0.1, 0.15) is 16.2 Å². The highest BCUT2D eigenvalue weighted by molar-refractivity contribution is 7.98. The van der Waals surface area contributed by atoms with Crippen LogP contribution < -0.4 is 5.43 Å². The lowest BCUT2D eigenvalue weighted by Crippen LogP contribution is -2.24. The number of amides is 1. The van der Waals surface area contributed by atoms with E-state index in [1.807, 2.05) is 6.26 Å². The maximum absolute atomic E-state index is 12.0. The van der Waals surface area contributed by atoms with Gasteiger partial charge in [0.15, 0.2) is 0 Å². The van der Waals surface area contributed by atoms with Gasteiger partial charge in [0, 0.05) is 10.6 Å². The molecule has 1 aromatic carbocycles. The second-order valence-corrected chi connectivity index (χ2v) is 4.73. The summed E-state index contributed by atoms with van der Waals surface area (Å²) in [5, 5.41) is 9.07. The molecule has 0 spiro atoms. The third-order valence-corrected chi connectivity index (χ3v) is 3.18. The monoisotopic (exact) mass is 282 g/mol. The number of benzene rings is 1. The average Bonchev–Trinajstić information content (AvgIpc) is 2.71. The van der Waals surface area contributed by atoms with Crippen LogP contribution in [0.5, 0.6) is 0 Å². The molecule has 1 amide bonds. The van der Waals surface area contributed by atoms with E-state index >= 15 is 0 Å². The minimum absolute atomic E-state index is 0.232. The number of aryl methyl sites for hydroxylation is 1. The molecule has 0 atom stereocenters. The van der Waals surface area contributed by atoms with E-state index in [1.165, 1.54) is 11.8 Å². The first-order valence-electron chi connectivity index (χ1n) is 5.14. The zero-order chi connectivity index (χ0) is 13.1. The Kier molecular flexibility index (Phi) is 3.88. The molecule has 1 heterocycles. The first kappa shape index (κ1) is 12.9. The lowest BCUT2D eigenvalue weighted by Gasteiger charge is -2.09. The van der Waals surface area contributed by atoms with Gasteiger partial charge in [-0.05, 0) is 37.4 Å². The lowest BCUT2D eigenvalue weighted by atomic mass is 10.2. The molecule has 0 saturated heterocycles. The highest BCUT2D eigenvalue weighted by Gasteiger charge is 2.12. The molecule has 2 rings (SSSR count). The SMILES string of the molecule is CSc1nnc(C)n1NC(=O)c1ccc(Cl)cc1. The van der Waals surface area contributed by atoms with Crippen LogP contribution >= 0.6 is 23.4 Å². The van der Waals surface area contributed by atoms with Gasteiger partial charge in [-0.25, -0.2) is 4.68 Å². The smallest absolute Gasteiger partial charge is 0.267 e. The van der Waals surface area contributed by atoms with Gasteiger partial charge in [0.25, 0.3) is 5.91 Å². The Morgan fingerprint density at radius 2 is 2.00 bits per heavy atom. The minimum atomic E-state index is -0.232. The summed E-state index contributed by atoms with van der Waals surface area (Å²) >= 11 is 7.18. The van der Waals surface area contributed by atoms with Crippen LogP contribution in [0.15, 0.2) is 29.4 Å². The van der Waals surface area contributed by atoms with E-state index in [4.69, 9.17) is 11.6 Å². The van der Waals surface area contributed by atoms with Gasteiger partial charge in [-0.15, -0.1) is 10.2 Å². The molecule has 0 bridgehead atoms. The van der Waals surface area contributed by atoms with E-state index in [2.05, 4.69) is 15.6 Å². The van der Waals surface area contributed by atoms with Crippen molar-refractivity contribution >= 4 is 29.3 Å². The predicted molar refractivity (Wildman–Crippen MR) is 71.7 cm³/mol. The van der Waals surface area contributed by atoms with Gasteiger partial charge in [-0.1, -0.05) is 23.4 Å². The van der Waals surface area contributed by atoms with Crippen LogP contribution in [0.25, 0.3) is 0 Å². The summed E-state index contributed by atoms with van der Waals surface area (Å²) in [4.78, 5) is 12.0. The Hall–Kier alpha value is -1.53. The second kappa shape index (κ2) is 5.41. The normalized spacial score (nSPS) is 10.4. The molecule has 1 N–H and O–H groups in total. The topological polar surface area (TPSA) is 59.8 Å². The summed E-state index contributed by atoms with van der Waals surface area (Å²) in [7, 11) is 0. The number of hydrogen-bond acceptors (Lipinski definition) is 4. The first-order valence-corrected chi connectivity index (χ1v) is 6.75. The van der Waals surface area contributed by atoms with Crippen LogP contribution in [-0.2, 0) is 0 Å². The lowest BCUT2D eigenvalue weighted by molar-refractivity contribution is 0.101. The minimum Gasteiger partial charge on any atom is -0.267 e. The van der Waals surface area contributed by atoms with E-state index in [-0.39, 0.29) is 5.91 Å². The van der Waals surface area contributed by atoms with Crippen LogP contribution in [0.4, 0.5) is 0 Å². The molecule has 0 aliphatic heterocycles. The summed E-state index contributed by atoms with van der Waals surface area (Å²) in [6.45, 7) is 1.77. The fraction of sp³-hybridized carbons (Fsp3) is 0.182. The third kappa shape index (κ3) is 2.65. The summed E-state index contributed by atoms with van der Waals surface area (Å²) in [5.74, 6) is 0.395. The molecule has 0 unspecified atom stereocenters. The van der Waals surface area contributed by atoms with Crippen molar-refractivity contribution in [3.8, 4) is 0 Å². The highest BCUT2D eigenvalue weighted by atomic mass is 35.5. The summed E-state index contributed by atoms with van der Waals surface area (Å²) in [6.07, 6.45) is 1.87. The van der Waals surface area contributed by atoms with Crippen molar-refractivity contribution in [3.63, 3.8) is 0 Å². The number of carbonyl (C=O) groups is 1. The molecule has 0 radical (unpaired) electrons. The molecule has 2 aromatic rings. The van der Waals surface area contributed by atoms with Crippen molar-refractivity contribution in [2.75, 3.05) is 11.7 Å². The van der Waals surface area contributed by atoms with Gasteiger partial charge in [-0.3, -0.25) is 10.2 Å². The van der Waals surface area contributed by atoms with Gasteiger partial charge in [0.05, 0.1) is 0 Å². The van der Waals surface area contributed by atoms with Crippen LogP contribution in [0, 0.1) is 6.92 Å². The molecule has 18 heavy (non-hydrogen) atoms. The van der Waals surface area contributed by atoms with Crippen molar-refractivity contribution in [3.05, 3.63) is 40.7 Å². The van der Waals surface area contributed by atoms with Gasteiger partial charge >= 0.3 is 0 Å². The second-order valence-electron chi connectivity index (χ2n) is 3.52. The van der Waals surface area contributed by atoms with E-state index < -0.39 is 0 Å². The molecule has 1 aromatic heterocycles. The largest absolute Gasteiger partial charge is 0.270 e. The maximum atomic E-state index is 12.0. The zero-order valence-electron chi connectivity index (χ0n) is 9.85. The van der Waals surface area contributed by atoms with E-state index in [0.717, 1.165) is 0 Å². The number of carbonyl (C=O) groups excluding carboxylic acids is 1. The fourth-order valence-electron chi connectivity index (χ4n) is 1.37. The van der Waals surface area contributed by atoms with E-state index in [1.54, 1.807) is 35.9 Å². The van der Waals surface area contributed by atoms with Gasteiger partial charge in [-0.2, -0.15) is 0 Å². The number of rotatable bonds is 3. The Labute approximate surface area is 114 Å². The molecule has 0 aliphatic carbocycles. The quantitative estimate of drug-likeness (QED) is 0.878. The number of thioether (sulfide) groups is 1. The standard InChI is InChI=1S/C11H11ClN4OS/c1-7-13-14-11(18-2)16(7)15-10(17)8-3-5-9(12)6-4-8/h3-6H,1-2H3,(H,15,17). The molecule has 0 fully saturated rings. The highest BCUT2D eigenvalue weighted by Crippen LogP contribution is 2.13. The molecule has 7 heteroatoms. The van der Waals surface area contributed by atoms with E-state index in [0.29, 0.717) is 21.6 Å². The van der Waals surface area contributed by atoms with Crippen LogP contribution in [-0.4, -0.2) is 27.0 Å². The Morgan fingerprint density at radius 1 is 1.33 bits per heavy atom. The third-order valence-electron chi connectivity index (χ3n) is 2.30. The van der Waals surface area contributed by atoms with Gasteiger partial charge in [0.2, 0.25) is 5.16 Å². The van der Waals surface area contributed by atoms with Crippen molar-refractivity contribution in [1.29, 1.82) is 0 Å². The number of hydrogen-bond donors (Lipinski definition) is 1. The summed E-state index contributed by atoms with van der Waals surface area (Å²) in [6, 6.07) is 6.67. The Balaban J connectivity index is 2.21. The fourth-order valence-corrected chi connectivity index (χ4v) is 1.98. The summed E-state index contributed by atoms with van der Waals surface area (Å²) < 4.78 is 1.56. The maximum Gasteiger partial charge on any atom is 0.270 e. The van der Waals surface area contributed by atoms with Crippen LogP contribution in [0.3, 0.4) is 0 Å². The predicted octanol–water partition coefficient (Wildman–Crippen LogP) is 2.35. The molecular formula is C11H11ClN4OS. The zero-order valence-corrected chi connectivity index (χ0v) is 11.4. The number of aromatic nitrogens is 3. The van der Waals surface area contributed by atoms with Crippen molar-refractivity contribution in [2.45, 2.75) is 12.1 Å².